The van der Waals surface area contributed by atoms with Crippen molar-refractivity contribution in [1.82, 2.24) is 10.3 Å². The molecule has 0 aliphatic heterocycles. The Bertz CT molecular complexity index is 873. The van der Waals surface area contributed by atoms with Gasteiger partial charge in [0.05, 0.1) is 5.69 Å². The number of benzene rings is 1. The summed E-state index contributed by atoms with van der Waals surface area (Å²) in [7, 11) is -3.45. The second-order valence-corrected chi connectivity index (χ2v) is 8.83. The first-order valence-electron chi connectivity index (χ1n) is 7.46. The third kappa shape index (κ3) is 5.36. The van der Waals surface area contributed by atoms with Crippen molar-refractivity contribution in [3.63, 3.8) is 0 Å². The molecule has 7 nitrogen and oxygen atoms in total. The van der Waals surface area contributed by atoms with Crippen molar-refractivity contribution >= 4 is 38.1 Å². The number of hydrogen-bond acceptors (Lipinski definition) is 6. The van der Waals surface area contributed by atoms with Crippen LogP contribution < -0.4 is 10.6 Å². The van der Waals surface area contributed by atoms with Gasteiger partial charge >= 0.3 is 0 Å². The van der Waals surface area contributed by atoms with Gasteiger partial charge in [-0.15, -0.1) is 11.3 Å². The summed E-state index contributed by atoms with van der Waals surface area (Å²) in [5.41, 5.74) is 2.50. The van der Waals surface area contributed by atoms with Crippen LogP contribution in [0.5, 0.6) is 0 Å². The number of sulfone groups is 1. The zero-order chi connectivity index (χ0) is 18.6. The lowest BCUT2D eigenvalue weighted by molar-refractivity contribution is -0.119. The van der Waals surface area contributed by atoms with Gasteiger partial charge in [-0.1, -0.05) is 24.3 Å². The second kappa shape index (κ2) is 7.75. The van der Waals surface area contributed by atoms with Crippen LogP contribution in [0, 0.1) is 0 Å². The molecule has 25 heavy (non-hydrogen) atoms. The summed E-state index contributed by atoms with van der Waals surface area (Å²) in [6.07, 6.45) is 1.02. The molecule has 134 valence electrons. The van der Waals surface area contributed by atoms with E-state index in [1.807, 2.05) is 24.3 Å². The molecule has 2 amide bonds. The van der Waals surface area contributed by atoms with Crippen LogP contribution in [0.1, 0.15) is 19.4 Å². The fraction of sp³-hybridized carbons (Fsp3) is 0.312. The van der Waals surface area contributed by atoms with E-state index in [1.165, 1.54) is 25.2 Å². The van der Waals surface area contributed by atoms with Gasteiger partial charge in [-0.2, -0.15) is 0 Å². The number of rotatable bonds is 6. The molecule has 9 heteroatoms. The monoisotopic (exact) mass is 381 g/mol. The van der Waals surface area contributed by atoms with Crippen molar-refractivity contribution in [2.24, 2.45) is 0 Å². The largest absolute Gasteiger partial charge is 0.352 e. The fourth-order valence-electron chi connectivity index (χ4n) is 1.89. The predicted octanol–water partition coefficient (Wildman–Crippen LogP) is 1.82. The third-order valence-electron chi connectivity index (χ3n) is 3.54. The van der Waals surface area contributed by atoms with Crippen LogP contribution in [0.4, 0.5) is 5.13 Å². The topological polar surface area (TPSA) is 105 Å². The van der Waals surface area contributed by atoms with E-state index in [1.54, 1.807) is 5.38 Å². The van der Waals surface area contributed by atoms with Crippen LogP contribution in [-0.2, 0) is 26.0 Å². The van der Waals surface area contributed by atoms with Crippen molar-refractivity contribution in [2.45, 2.75) is 25.6 Å². The lowest BCUT2D eigenvalue weighted by Gasteiger charge is -2.07. The van der Waals surface area contributed by atoms with E-state index < -0.39 is 21.0 Å². The Morgan fingerprint density at radius 2 is 1.88 bits per heavy atom. The van der Waals surface area contributed by atoms with Gasteiger partial charge in [-0.05, 0) is 12.5 Å². The molecule has 1 heterocycles. The van der Waals surface area contributed by atoms with Crippen molar-refractivity contribution in [3.05, 3.63) is 35.2 Å². The molecule has 0 fully saturated rings. The molecule has 0 saturated heterocycles. The van der Waals surface area contributed by atoms with E-state index in [9.17, 15) is 18.0 Å². The smallest absolute Gasteiger partial charge is 0.244 e. The van der Waals surface area contributed by atoms with Gasteiger partial charge in [-0.25, -0.2) is 13.4 Å². The van der Waals surface area contributed by atoms with Crippen molar-refractivity contribution in [2.75, 3.05) is 11.6 Å². The first-order valence-corrected chi connectivity index (χ1v) is 10.3. The summed E-state index contributed by atoms with van der Waals surface area (Å²) in [5, 5.41) is 6.24. The molecule has 1 aromatic heterocycles. The summed E-state index contributed by atoms with van der Waals surface area (Å²) >= 11 is 1.22. The van der Waals surface area contributed by atoms with Gasteiger partial charge in [0, 0.05) is 30.7 Å². The van der Waals surface area contributed by atoms with E-state index in [4.69, 9.17) is 0 Å². The maximum atomic E-state index is 11.9. The number of hydrogen-bond donors (Lipinski definition) is 2. The van der Waals surface area contributed by atoms with Crippen LogP contribution >= 0.6 is 11.3 Å². The summed E-state index contributed by atoms with van der Waals surface area (Å²) in [6, 6.07) is 7.51. The number of nitrogens with zero attached hydrogens (tertiary/aromatic N) is 1. The van der Waals surface area contributed by atoms with E-state index in [0.717, 1.165) is 17.4 Å². The summed E-state index contributed by atoms with van der Waals surface area (Å²) in [5.74, 6) is -0.693. The van der Waals surface area contributed by atoms with Crippen LogP contribution in [0.3, 0.4) is 0 Å². The Balaban J connectivity index is 2.06. The number of nitrogens with one attached hydrogen (secondary N) is 2. The number of anilines is 1. The standard InChI is InChI=1S/C16H19N3O4S2/c1-10(25(3,22)23)15(21)19-16-18-14(9-24-16)13-6-4-12(5-7-13)8-17-11(2)20/h4-7,9-10H,8H2,1-3H3,(H,17,20)(H,18,19,21)/t10-/m0/s1. The summed E-state index contributed by atoms with van der Waals surface area (Å²) < 4.78 is 22.8. The highest BCUT2D eigenvalue weighted by molar-refractivity contribution is 7.92. The molecule has 1 atom stereocenters. The zero-order valence-electron chi connectivity index (χ0n) is 14.1. The molecule has 0 aliphatic rings. The molecule has 1 aromatic carbocycles. The van der Waals surface area contributed by atoms with Crippen molar-refractivity contribution in [3.8, 4) is 11.3 Å². The van der Waals surface area contributed by atoms with Crippen molar-refractivity contribution in [1.29, 1.82) is 0 Å². The molecular weight excluding hydrogens is 362 g/mol. The minimum atomic E-state index is -3.45. The molecule has 0 radical (unpaired) electrons. The predicted molar refractivity (Wildman–Crippen MR) is 98.0 cm³/mol. The molecule has 0 bridgehead atoms. The highest BCUT2D eigenvalue weighted by atomic mass is 32.2. The lowest BCUT2D eigenvalue weighted by Crippen LogP contribution is -2.31. The van der Waals surface area contributed by atoms with Crippen LogP contribution in [0.15, 0.2) is 29.6 Å². The molecule has 2 aromatic rings. The van der Waals surface area contributed by atoms with E-state index >= 15 is 0 Å². The molecule has 2 rings (SSSR count). The SMILES string of the molecule is CC(=O)NCc1ccc(-c2csc(NC(=O)[C@H](C)S(C)(=O)=O)n2)cc1. The quantitative estimate of drug-likeness (QED) is 0.794. The van der Waals surface area contributed by atoms with Gasteiger partial charge < -0.3 is 10.6 Å². The summed E-state index contributed by atoms with van der Waals surface area (Å²) in [4.78, 5) is 27.1. The van der Waals surface area contributed by atoms with Gasteiger partial charge in [0.2, 0.25) is 11.8 Å². The number of aromatic nitrogens is 1. The summed E-state index contributed by atoms with van der Waals surface area (Å²) in [6.45, 7) is 3.26. The third-order valence-corrected chi connectivity index (χ3v) is 5.79. The van der Waals surface area contributed by atoms with Gasteiger partial charge in [0.15, 0.2) is 15.0 Å². The molecule has 2 N–H and O–H groups in total. The Hall–Kier alpha value is -2.26. The van der Waals surface area contributed by atoms with Crippen LogP contribution in [-0.4, -0.2) is 36.7 Å². The lowest BCUT2D eigenvalue weighted by atomic mass is 10.1. The fourth-order valence-corrected chi connectivity index (χ4v) is 3.06. The van der Waals surface area contributed by atoms with Gasteiger partial charge in [0.25, 0.3) is 0 Å². The Kier molecular flexibility index (Phi) is 5.91. The number of carbonyl (C=O) groups excluding carboxylic acids is 2. The van der Waals surface area contributed by atoms with Crippen molar-refractivity contribution < 1.29 is 18.0 Å². The van der Waals surface area contributed by atoms with E-state index in [2.05, 4.69) is 15.6 Å². The molecule has 0 spiro atoms. The molecule has 0 saturated carbocycles. The second-order valence-electron chi connectivity index (χ2n) is 5.61. The highest BCUT2D eigenvalue weighted by Gasteiger charge is 2.24. The van der Waals surface area contributed by atoms with Crippen LogP contribution in [0.25, 0.3) is 11.3 Å². The normalized spacial score (nSPS) is 12.4. The number of carbonyl (C=O) groups is 2. The average molecular weight is 381 g/mol. The number of thiazole rings is 1. The minimum absolute atomic E-state index is 0.0905. The molecule has 0 unspecified atom stereocenters. The molecule has 0 aliphatic carbocycles. The van der Waals surface area contributed by atoms with E-state index in [-0.39, 0.29) is 5.91 Å². The first kappa shape index (κ1) is 19.1. The number of amides is 2. The maximum absolute atomic E-state index is 11.9. The maximum Gasteiger partial charge on any atom is 0.244 e. The van der Waals surface area contributed by atoms with E-state index in [0.29, 0.717) is 17.4 Å². The average Bonchev–Trinajstić information content (AvgIpc) is 3.00. The minimum Gasteiger partial charge on any atom is -0.352 e. The highest BCUT2D eigenvalue weighted by Crippen LogP contribution is 2.25. The first-order chi connectivity index (χ1) is 11.7. The van der Waals surface area contributed by atoms with Crippen LogP contribution in [0.2, 0.25) is 0 Å². The Labute approximate surface area is 150 Å². The Morgan fingerprint density at radius 3 is 2.44 bits per heavy atom. The zero-order valence-corrected chi connectivity index (χ0v) is 15.7. The molecular formula is C16H19N3O4S2. The van der Waals surface area contributed by atoms with Gasteiger partial charge in [-0.3, -0.25) is 9.59 Å². The van der Waals surface area contributed by atoms with Gasteiger partial charge in [0.1, 0.15) is 5.25 Å². The Morgan fingerprint density at radius 1 is 1.24 bits per heavy atom.